The first-order valence-electron chi connectivity index (χ1n) is 12.5. The molecule has 2 saturated carbocycles. The van der Waals surface area contributed by atoms with Crippen molar-refractivity contribution >= 4 is 32.8 Å². The number of carbonyl (C=O) groups is 1. The van der Waals surface area contributed by atoms with Crippen LogP contribution in [-0.4, -0.2) is 41.7 Å². The molecule has 3 aliphatic carbocycles. The molecule has 0 bridgehead atoms. The van der Waals surface area contributed by atoms with Crippen LogP contribution < -0.4 is 4.18 Å². The zero-order valence-corrected chi connectivity index (χ0v) is 20.4. The molecule has 1 aromatic carbocycles. The lowest BCUT2D eigenvalue weighted by molar-refractivity contribution is -0.232. The van der Waals surface area contributed by atoms with Crippen molar-refractivity contribution in [1.29, 1.82) is 2.61 Å². The maximum atomic E-state index is 11.5. The Hall–Kier alpha value is -1.01. The molecule has 5 atom stereocenters. The third-order valence-corrected chi connectivity index (χ3v) is 8.98. The third kappa shape index (κ3) is 3.74. The molecule has 0 amide bonds. The number of ether oxygens (including phenoxy) is 3. The molecular formula is C24H31BO5PS. The Morgan fingerprint density at radius 2 is 2.31 bits per heavy atom. The van der Waals surface area contributed by atoms with Crippen LogP contribution in [0.1, 0.15) is 56.6 Å². The number of fused-ring (bicyclic) bond motifs is 6. The Morgan fingerprint density at radius 3 is 3.09 bits per heavy atom. The van der Waals surface area contributed by atoms with Gasteiger partial charge in [-0.25, -0.2) is 0 Å². The Balaban J connectivity index is 1.48. The molecule has 1 spiro atoms. The molecule has 4 aliphatic rings. The van der Waals surface area contributed by atoms with E-state index in [1.807, 2.05) is 6.07 Å². The van der Waals surface area contributed by atoms with E-state index in [1.54, 1.807) is 0 Å². The van der Waals surface area contributed by atoms with E-state index in [4.69, 9.17) is 21.0 Å². The van der Waals surface area contributed by atoms with Gasteiger partial charge < -0.3 is 18.4 Å². The zero-order valence-electron chi connectivity index (χ0n) is 20.7. The van der Waals surface area contributed by atoms with Crippen LogP contribution in [0.2, 0.25) is 0 Å². The summed E-state index contributed by atoms with van der Waals surface area (Å²) in [6.45, 7) is 5.39. The second-order valence-corrected chi connectivity index (χ2v) is 11.2. The lowest BCUT2D eigenvalue weighted by Gasteiger charge is -2.54. The Bertz CT molecular complexity index is 975. The molecule has 1 aromatic rings. The monoisotopic (exact) mass is 476 g/mol. The first kappa shape index (κ1) is 20.4. The standard InChI is InChI=1S/C24H31BO5PS/c1-15(26)27-10-8-17-14-23(2)21(7-9-24(23)28-11-12-29-24)20-5-3-16-13-18(30-32-31-25)4-6-19(16)22(17)20/h4,6,8,13,20-22,25,31H,3,5,7,9-12,14H2,1-2H3/i25T,31D. The van der Waals surface area contributed by atoms with E-state index in [1.165, 1.54) is 23.6 Å². The second-order valence-electron chi connectivity index (χ2n) is 9.57. The van der Waals surface area contributed by atoms with Crippen LogP contribution in [0.5, 0.6) is 5.75 Å². The first-order chi connectivity index (χ1) is 16.4. The summed E-state index contributed by atoms with van der Waals surface area (Å²) in [6, 6.07) is 6.26. The molecule has 1 heterocycles. The number of aryl methyl sites for hydroxylation is 1. The highest BCUT2D eigenvalue weighted by atomic mass is 32.7. The van der Waals surface area contributed by atoms with Crippen molar-refractivity contribution in [3.63, 3.8) is 0 Å². The summed E-state index contributed by atoms with van der Waals surface area (Å²) < 4.78 is 38.6. The van der Waals surface area contributed by atoms with Gasteiger partial charge in [0.15, 0.2) is 5.79 Å². The van der Waals surface area contributed by atoms with Crippen LogP contribution in [0.25, 0.3) is 0 Å². The smallest absolute Gasteiger partial charge is 0.302 e. The van der Waals surface area contributed by atoms with Crippen molar-refractivity contribution in [3.8, 4) is 5.75 Å². The Labute approximate surface area is 200 Å². The van der Waals surface area contributed by atoms with Crippen LogP contribution in [-0.2, 0) is 25.4 Å². The topological polar surface area (TPSA) is 54.0 Å². The van der Waals surface area contributed by atoms with Gasteiger partial charge >= 0.3 is 5.97 Å². The Kier molecular flexibility index (Phi) is 5.72. The van der Waals surface area contributed by atoms with E-state index < -0.39 is 13.4 Å². The zero-order chi connectivity index (χ0) is 23.9. The van der Waals surface area contributed by atoms with Gasteiger partial charge in [0.25, 0.3) is 0 Å². The summed E-state index contributed by atoms with van der Waals surface area (Å²) in [4.78, 5) is 11.5. The van der Waals surface area contributed by atoms with E-state index in [9.17, 15) is 4.79 Å². The fourth-order valence-corrected chi connectivity index (χ4v) is 7.58. The number of benzene rings is 1. The van der Waals surface area contributed by atoms with Gasteiger partial charge in [0.1, 0.15) is 19.9 Å². The number of hydrogen-bond donors (Lipinski definition) is 0. The molecule has 171 valence electrons. The number of carbonyl (C=O) groups excluding carboxylic acids is 1. The third-order valence-electron chi connectivity index (χ3n) is 8.15. The van der Waals surface area contributed by atoms with E-state index >= 15 is 0 Å². The summed E-state index contributed by atoms with van der Waals surface area (Å²) in [5.41, 5.74) is 3.83. The summed E-state index contributed by atoms with van der Waals surface area (Å²) in [5.74, 6) is 1.26. The average molecular weight is 476 g/mol. The molecule has 5 rings (SSSR count). The molecule has 0 N–H and O–H groups in total. The van der Waals surface area contributed by atoms with Crippen LogP contribution in [0.4, 0.5) is 0 Å². The van der Waals surface area contributed by atoms with Crippen LogP contribution in [0.15, 0.2) is 29.8 Å². The normalized spacial score (nSPS) is 35.3. The van der Waals surface area contributed by atoms with Crippen molar-refractivity contribution in [2.45, 2.75) is 57.7 Å². The second kappa shape index (κ2) is 8.98. The number of rotatable bonds is 6. The predicted molar refractivity (Wildman–Crippen MR) is 129 cm³/mol. The average Bonchev–Trinajstić information content (AvgIpc) is 3.42. The summed E-state index contributed by atoms with van der Waals surface area (Å²) >= 11 is 1.04. The van der Waals surface area contributed by atoms with E-state index in [-0.39, 0.29) is 23.9 Å². The lowest BCUT2D eigenvalue weighted by atomic mass is 9.53. The molecule has 3 fully saturated rings. The fourth-order valence-electron chi connectivity index (χ4n) is 6.96. The van der Waals surface area contributed by atoms with Gasteiger partial charge in [-0.3, -0.25) is 4.79 Å². The van der Waals surface area contributed by atoms with Crippen LogP contribution >= 0.6 is 19.3 Å². The largest absolute Gasteiger partial charge is 0.462 e. The number of esters is 1. The van der Waals surface area contributed by atoms with Crippen molar-refractivity contribution < 1.29 is 23.2 Å². The lowest BCUT2D eigenvalue weighted by Crippen LogP contribution is -2.52. The maximum Gasteiger partial charge on any atom is 0.302 e. The SMILES string of the molecule is [2H]P([B][3H])SOc1ccc2c(c1)CCC1C2C(=CCOC(C)=O)CC2(C)C1CCC21OCCO1. The molecule has 5 nitrogen and oxygen atoms in total. The summed E-state index contributed by atoms with van der Waals surface area (Å²) in [7, 11) is -0.234. The minimum Gasteiger partial charge on any atom is -0.462 e. The van der Waals surface area contributed by atoms with Crippen molar-refractivity contribution in [2.24, 2.45) is 17.3 Å². The van der Waals surface area contributed by atoms with Gasteiger partial charge in [-0.1, -0.05) is 26.2 Å². The molecule has 1 saturated heterocycles. The summed E-state index contributed by atoms with van der Waals surface area (Å²) in [5, 5.41) is 0. The van der Waals surface area contributed by atoms with E-state index in [2.05, 4.69) is 25.1 Å². The maximum absolute atomic E-state index is 11.5. The minimum absolute atomic E-state index is 0.0953. The molecule has 1 radical (unpaired) electrons. The van der Waals surface area contributed by atoms with Gasteiger partial charge in [0, 0.05) is 24.7 Å². The van der Waals surface area contributed by atoms with Gasteiger partial charge in [-0.15, -0.1) is 0 Å². The molecular weight excluding hydrogens is 442 g/mol. The number of allylic oxidation sites excluding steroid dienone is 1. The van der Waals surface area contributed by atoms with Crippen molar-refractivity contribution in [2.75, 3.05) is 19.8 Å². The van der Waals surface area contributed by atoms with E-state index in [0.29, 0.717) is 25.0 Å². The van der Waals surface area contributed by atoms with Gasteiger partial charge in [-0.05, 0) is 68.2 Å². The molecule has 8 heteroatoms. The molecule has 1 aliphatic heterocycles. The Morgan fingerprint density at radius 1 is 1.47 bits per heavy atom. The highest BCUT2D eigenvalue weighted by molar-refractivity contribution is 8.53. The first-order valence-corrected chi connectivity index (χ1v) is 13.8. The molecule has 5 unspecified atom stereocenters. The minimum atomic E-state index is -1.35. The number of hydrogen-bond acceptors (Lipinski definition) is 6. The van der Waals surface area contributed by atoms with Gasteiger partial charge in [0.05, 0.1) is 26.2 Å². The van der Waals surface area contributed by atoms with Crippen molar-refractivity contribution in [3.05, 3.63) is 41.0 Å². The van der Waals surface area contributed by atoms with Gasteiger partial charge in [-0.2, -0.15) is 0 Å². The predicted octanol–water partition coefficient (Wildman–Crippen LogP) is 4.82. The van der Waals surface area contributed by atoms with Crippen molar-refractivity contribution in [1.82, 2.24) is 0 Å². The summed E-state index contributed by atoms with van der Waals surface area (Å²) in [6.07, 6.45) is 7.11. The highest BCUT2D eigenvalue weighted by Crippen LogP contribution is 2.67. The van der Waals surface area contributed by atoms with Crippen LogP contribution in [0, 0.1) is 17.3 Å². The fraction of sp³-hybridized carbons (Fsp3) is 0.625. The molecule has 32 heavy (non-hydrogen) atoms. The highest BCUT2D eigenvalue weighted by Gasteiger charge is 2.65. The van der Waals surface area contributed by atoms with Gasteiger partial charge in [0.2, 0.25) is 0 Å². The molecule has 0 aromatic heterocycles. The van der Waals surface area contributed by atoms with Crippen LogP contribution in [0.3, 0.4) is 0 Å². The quantitative estimate of drug-likeness (QED) is 0.193. The van der Waals surface area contributed by atoms with E-state index in [0.717, 1.165) is 57.0 Å².